The highest BCUT2D eigenvalue weighted by Gasteiger charge is 2.28. The molecule has 0 fully saturated rings. The van der Waals surface area contributed by atoms with E-state index in [0.717, 1.165) is 0 Å². The third kappa shape index (κ3) is 5.27. The Hall–Kier alpha value is -3.98. The minimum atomic E-state index is -0.757. The molecule has 0 aliphatic rings. The van der Waals surface area contributed by atoms with Crippen molar-refractivity contribution in [1.82, 2.24) is 9.55 Å². The number of carbonyl (C=O) groups excluding carboxylic acids is 2. The summed E-state index contributed by atoms with van der Waals surface area (Å²) in [6.45, 7) is 7.17. The fourth-order valence-electron chi connectivity index (χ4n) is 4.13. The number of methoxy groups -OCH3 is 1. The minimum absolute atomic E-state index is 0.0214. The van der Waals surface area contributed by atoms with E-state index >= 15 is 0 Å². The van der Waals surface area contributed by atoms with E-state index in [9.17, 15) is 14.0 Å². The quantitative estimate of drug-likeness (QED) is 0.282. The van der Waals surface area contributed by atoms with E-state index in [0.29, 0.717) is 38.7 Å². The molecule has 37 heavy (non-hydrogen) atoms. The first-order valence-electron chi connectivity index (χ1n) is 11.9. The number of esters is 1. The number of hydrogen-bond acceptors (Lipinski definition) is 7. The van der Waals surface area contributed by atoms with Crippen LogP contribution in [0.4, 0.5) is 9.18 Å². The Labute approximate surface area is 213 Å². The number of rotatable bonds is 7. The lowest BCUT2D eigenvalue weighted by molar-refractivity contribution is 0.0513. The molecule has 0 atom stereocenters. The van der Waals surface area contributed by atoms with Gasteiger partial charge in [-0.2, -0.15) is 0 Å². The van der Waals surface area contributed by atoms with E-state index in [2.05, 4.69) is 4.98 Å². The van der Waals surface area contributed by atoms with Crippen molar-refractivity contribution >= 4 is 33.9 Å². The lowest BCUT2D eigenvalue weighted by atomic mass is 10.0. The second-order valence-electron chi connectivity index (χ2n) is 9.35. The van der Waals surface area contributed by atoms with Gasteiger partial charge in [0.1, 0.15) is 23.8 Å². The van der Waals surface area contributed by atoms with Gasteiger partial charge < -0.3 is 18.9 Å². The summed E-state index contributed by atoms with van der Waals surface area (Å²) in [5, 5.41) is 1.07. The molecule has 8 nitrogen and oxygen atoms in total. The van der Waals surface area contributed by atoms with Gasteiger partial charge in [-0.3, -0.25) is 0 Å². The maximum Gasteiger partial charge on any atom is 0.419 e. The Morgan fingerprint density at radius 2 is 1.76 bits per heavy atom. The Balaban J connectivity index is 2.00. The molecule has 2 aromatic heterocycles. The van der Waals surface area contributed by atoms with Gasteiger partial charge in [-0.05, 0) is 45.9 Å². The lowest BCUT2D eigenvalue weighted by Gasteiger charge is -2.20. The maximum atomic E-state index is 14.3. The summed E-state index contributed by atoms with van der Waals surface area (Å²) in [5.41, 5.74) is 1.02. The van der Waals surface area contributed by atoms with Crippen LogP contribution in [0.3, 0.4) is 0 Å². The molecule has 0 aliphatic heterocycles. The molecule has 0 N–H and O–H groups in total. The standard InChI is InChI=1S/C28H29FN2O6/c1-6-35-26(32)25-18(16-34-5)23-21(14-30-25)31(27(33)37-28(2,3)4)20-12-9-13-22(24(20)23)36-15-17-10-7-8-11-19(17)29/h7-14H,6,15-16H2,1-5H3. The van der Waals surface area contributed by atoms with Gasteiger partial charge in [-0.25, -0.2) is 23.5 Å². The van der Waals surface area contributed by atoms with Crippen LogP contribution in [0.5, 0.6) is 5.75 Å². The van der Waals surface area contributed by atoms with Crippen molar-refractivity contribution in [2.75, 3.05) is 13.7 Å². The van der Waals surface area contributed by atoms with Crippen molar-refractivity contribution in [2.24, 2.45) is 0 Å². The van der Waals surface area contributed by atoms with Crippen LogP contribution in [0.1, 0.15) is 49.3 Å². The van der Waals surface area contributed by atoms with Crippen molar-refractivity contribution in [1.29, 1.82) is 0 Å². The van der Waals surface area contributed by atoms with Gasteiger partial charge in [0.05, 0.1) is 35.8 Å². The van der Waals surface area contributed by atoms with E-state index in [1.165, 1.54) is 23.9 Å². The highest BCUT2D eigenvalue weighted by atomic mass is 19.1. The summed E-state index contributed by atoms with van der Waals surface area (Å²) >= 11 is 0. The van der Waals surface area contributed by atoms with Crippen LogP contribution in [0.15, 0.2) is 48.7 Å². The molecule has 0 unspecified atom stereocenters. The van der Waals surface area contributed by atoms with Gasteiger partial charge in [0.25, 0.3) is 0 Å². The number of hydrogen-bond donors (Lipinski definition) is 0. The van der Waals surface area contributed by atoms with Crippen molar-refractivity contribution in [3.8, 4) is 5.75 Å². The second-order valence-corrected chi connectivity index (χ2v) is 9.35. The molecule has 0 amide bonds. The first-order chi connectivity index (χ1) is 17.7. The number of carbonyl (C=O) groups is 2. The highest BCUT2D eigenvalue weighted by molar-refractivity contribution is 6.17. The average Bonchev–Trinajstić information content (AvgIpc) is 3.18. The fraction of sp³-hybridized carbons (Fsp3) is 0.321. The van der Waals surface area contributed by atoms with E-state index in [4.69, 9.17) is 18.9 Å². The molecule has 0 spiro atoms. The van der Waals surface area contributed by atoms with Crippen LogP contribution in [0.2, 0.25) is 0 Å². The second kappa shape index (κ2) is 10.6. The van der Waals surface area contributed by atoms with Gasteiger partial charge in [-0.1, -0.05) is 24.3 Å². The van der Waals surface area contributed by atoms with Crippen molar-refractivity contribution in [2.45, 2.75) is 46.5 Å². The van der Waals surface area contributed by atoms with Gasteiger partial charge in [0.15, 0.2) is 5.69 Å². The summed E-state index contributed by atoms with van der Waals surface area (Å²) in [6, 6.07) is 11.5. The fourth-order valence-corrected chi connectivity index (χ4v) is 4.13. The first-order valence-corrected chi connectivity index (χ1v) is 11.9. The molecule has 0 saturated heterocycles. The molecule has 194 valence electrons. The minimum Gasteiger partial charge on any atom is -0.488 e. The average molecular weight is 509 g/mol. The number of benzene rings is 2. The Morgan fingerprint density at radius 3 is 2.43 bits per heavy atom. The normalized spacial score (nSPS) is 11.6. The zero-order valence-electron chi connectivity index (χ0n) is 21.5. The van der Waals surface area contributed by atoms with Gasteiger partial charge >= 0.3 is 12.1 Å². The van der Waals surface area contributed by atoms with E-state index in [1.807, 2.05) is 0 Å². The molecule has 0 radical (unpaired) electrons. The Kier molecular flexibility index (Phi) is 7.45. The van der Waals surface area contributed by atoms with Crippen LogP contribution < -0.4 is 4.74 Å². The monoisotopic (exact) mass is 508 g/mol. The Bertz CT molecular complexity index is 1470. The summed E-state index contributed by atoms with van der Waals surface area (Å²) < 4.78 is 38.1. The van der Waals surface area contributed by atoms with Crippen molar-refractivity contribution in [3.05, 3.63) is 71.3 Å². The number of pyridine rings is 1. The summed E-state index contributed by atoms with van der Waals surface area (Å²) in [4.78, 5) is 30.5. The van der Waals surface area contributed by atoms with Crippen LogP contribution in [0, 0.1) is 5.82 Å². The predicted molar refractivity (Wildman–Crippen MR) is 136 cm³/mol. The van der Waals surface area contributed by atoms with Gasteiger partial charge in [0, 0.05) is 23.6 Å². The predicted octanol–water partition coefficient (Wildman–Crippen LogP) is 6.01. The number of aromatic nitrogens is 2. The number of nitrogens with zero attached hydrogens (tertiary/aromatic N) is 2. The number of fused-ring (bicyclic) bond motifs is 3. The third-order valence-electron chi connectivity index (χ3n) is 5.57. The molecular formula is C28H29FN2O6. The molecule has 4 rings (SSSR count). The molecular weight excluding hydrogens is 479 g/mol. The summed E-state index contributed by atoms with van der Waals surface area (Å²) in [7, 11) is 1.50. The van der Waals surface area contributed by atoms with Crippen molar-refractivity contribution < 1.29 is 32.9 Å². The highest BCUT2D eigenvalue weighted by Crippen LogP contribution is 2.39. The van der Waals surface area contributed by atoms with Gasteiger partial charge in [0.2, 0.25) is 0 Å². The largest absolute Gasteiger partial charge is 0.488 e. The SMILES string of the molecule is CCOC(=O)c1ncc2c(c1COC)c1c(OCc3ccccc3F)cccc1n2C(=O)OC(C)(C)C. The van der Waals surface area contributed by atoms with Crippen LogP contribution >= 0.6 is 0 Å². The zero-order valence-corrected chi connectivity index (χ0v) is 21.5. The van der Waals surface area contributed by atoms with Crippen LogP contribution in [0.25, 0.3) is 21.8 Å². The molecule has 2 heterocycles. The van der Waals surface area contributed by atoms with Crippen LogP contribution in [-0.4, -0.2) is 40.9 Å². The van der Waals surface area contributed by atoms with Crippen LogP contribution in [-0.2, 0) is 27.4 Å². The van der Waals surface area contributed by atoms with E-state index in [1.54, 1.807) is 64.1 Å². The molecule has 0 saturated carbocycles. The Morgan fingerprint density at radius 1 is 1.00 bits per heavy atom. The first kappa shape index (κ1) is 26.1. The number of halogens is 1. The smallest absolute Gasteiger partial charge is 0.419 e. The van der Waals surface area contributed by atoms with Gasteiger partial charge in [-0.15, -0.1) is 0 Å². The maximum absolute atomic E-state index is 14.3. The molecule has 2 aromatic carbocycles. The molecule has 0 aliphatic carbocycles. The summed E-state index contributed by atoms with van der Waals surface area (Å²) in [5.74, 6) is -0.606. The number of ether oxygens (including phenoxy) is 4. The van der Waals surface area contributed by atoms with Crippen molar-refractivity contribution in [3.63, 3.8) is 0 Å². The topological polar surface area (TPSA) is 88.9 Å². The van der Waals surface area contributed by atoms with E-state index < -0.39 is 17.7 Å². The zero-order chi connectivity index (χ0) is 26.7. The third-order valence-corrected chi connectivity index (χ3v) is 5.57. The molecule has 4 aromatic rings. The van der Waals surface area contributed by atoms with E-state index in [-0.39, 0.29) is 31.3 Å². The molecule has 9 heteroatoms. The lowest BCUT2D eigenvalue weighted by Crippen LogP contribution is -2.27. The molecule has 0 bridgehead atoms. The summed E-state index contributed by atoms with van der Waals surface area (Å²) in [6.07, 6.45) is 0.818.